The van der Waals surface area contributed by atoms with Crippen LogP contribution in [0.5, 0.6) is 0 Å². The molecule has 1 atom stereocenters. The van der Waals surface area contributed by atoms with Crippen LogP contribution < -0.4 is 5.32 Å². The average Bonchev–Trinajstić information content (AvgIpc) is 2.53. The van der Waals surface area contributed by atoms with E-state index in [1.54, 1.807) is 24.1 Å². The lowest BCUT2D eigenvalue weighted by atomic mass is 9.96. The van der Waals surface area contributed by atoms with Gasteiger partial charge in [-0.3, -0.25) is 9.59 Å². The van der Waals surface area contributed by atoms with E-state index in [0.29, 0.717) is 35.3 Å². The molecule has 2 rings (SSSR count). The minimum atomic E-state index is -2.48. The predicted octanol–water partition coefficient (Wildman–Crippen LogP) is 2.60. The number of amides is 2. The third kappa shape index (κ3) is 4.19. The Bertz CT molecular complexity index is 537. The molecule has 0 spiro atoms. The largest absolute Gasteiger partial charge is 0.359 e. The minimum Gasteiger partial charge on any atom is -0.359 e. The fraction of sp³-hybridized carbons (Fsp3) is 0.467. The lowest BCUT2D eigenvalue weighted by Crippen LogP contribution is -2.44. The van der Waals surface area contributed by atoms with Crippen LogP contribution in [0.15, 0.2) is 29.2 Å². The zero-order valence-corrected chi connectivity index (χ0v) is 13.0. The second kappa shape index (κ2) is 7.58. The zero-order chi connectivity index (χ0) is 16.1. The van der Waals surface area contributed by atoms with Crippen molar-refractivity contribution in [1.82, 2.24) is 10.2 Å². The van der Waals surface area contributed by atoms with Gasteiger partial charge in [0.05, 0.1) is 5.92 Å². The highest BCUT2D eigenvalue weighted by atomic mass is 32.2. The monoisotopic (exact) mass is 328 g/mol. The Balaban J connectivity index is 2.02. The number of carbonyl (C=O) groups excluding carboxylic acids is 2. The summed E-state index contributed by atoms with van der Waals surface area (Å²) in [7, 11) is 1.59. The molecule has 1 fully saturated rings. The van der Waals surface area contributed by atoms with Crippen LogP contribution in [-0.4, -0.2) is 42.6 Å². The molecule has 7 heteroatoms. The van der Waals surface area contributed by atoms with E-state index in [1.807, 2.05) is 0 Å². The number of piperidine rings is 1. The summed E-state index contributed by atoms with van der Waals surface area (Å²) in [4.78, 5) is 26.2. The number of thioether (sulfide) groups is 1. The van der Waals surface area contributed by atoms with E-state index in [4.69, 9.17) is 0 Å². The Morgan fingerprint density at radius 2 is 2.00 bits per heavy atom. The molecule has 1 heterocycles. The molecule has 1 unspecified atom stereocenters. The summed E-state index contributed by atoms with van der Waals surface area (Å²) in [5.74, 6) is -2.88. The van der Waals surface area contributed by atoms with Crippen molar-refractivity contribution in [3.05, 3.63) is 29.8 Å². The van der Waals surface area contributed by atoms with Gasteiger partial charge in [-0.15, -0.1) is 0 Å². The maximum atomic E-state index is 12.4. The summed E-state index contributed by atoms with van der Waals surface area (Å²) in [6.45, 7) is 1.01. The van der Waals surface area contributed by atoms with Crippen molar-refractivity contribution in [2.75, 3.05) is 20.1 Å². The van der Waals surface area contributed by atoms with Crippen molar-refractivity contribution in [2.45, 2.75) is 23.5 Å². The molecule has 1 aromatic carbocycles. The van der Waals surface area contributed by atoms with Crippen LogP contribution in [0.1, 0.15) is 23.2 Å². The van der Waals surface area contributed by atoms with Crippen LogP contribution >= 0.6 is 11.8 Å². The van der Waals surface area contributed by atoms with Crippen LogP contribution in [-0.2, 0) is 4.79 Å². The van der Waals surface area contributed by atoms with Gasteiger partial charge in [0.15, 0.2) is 0 Å². The van der Waals surface area contributed by atoms with Crippen molar-refractivity contribution >= 4 is 23.6 Å². The van der Waals surface area contributed by atoms with Gasteiger partial charge in [-0.1, -0.05) is 11.8 Å². The number of hydrogen-bond donors (Lipinski definition) is 1. The van der Waals surface area contributed by atoms with E-state index >= 15 is 0 Å². The van der Waals surface area contributed by atoms with Gasteiger partial charge < -0.3 is 10.2 Å². The predicted molar refractivity (Wildman–Crippen MR) is 81.0 cm³/mol. The van der Waals surface area contributed by atoms with Crippen molar-refractivity contribution in [3.8, 4) is 0 Å². The molecule has 0 aromatic heterocycles. The molecule has 4 nitrogen and oxygen atoms in total. The maximum Gasteiger partial charge on any atom is 0.288 e. The molecule has 0 aliphatic carbocycles. The molecule has 0 radical (unpaired) electrons. The van der Waals surface area contributed by atoms with E-state index < -0.39 is 5.76 Å². The van der Waals surface area contributed by atoms with Gasteiger partial charge in [-0.05, 0) is 37.1 Å². The number of benzene rings is 1. The topological polar surface area (TPSA) is 49.4 Å². The fourth-order valence-corrected chi connectivity index (χ4v) is 3.04. The lowest BCUT2D eigenvalue weighted by molar-refractivity contribution is -0.125. The normalized spacial score (nSPS) is 18.4. The van der Waals surface area contributed by atoms with Gasteiger partial charge in [-0.25, -0.2) is 0 Å². The van der Waals surface area contributed by atoms with Gasteiger partial charge in [0.2, 0.25) is 5.91 Å². The smallest absolute Gasteiger partial charge is 0.288 e. The van der Waals surface area contributed by atoms with Gasteiger partial charge in [-0.2, -0.15) is 8.78 Å². The summed E-state index contributed by atoms with van der Waals surface area (Å²) in [5.41, 5.74) is 0.455. The standard InChI is InChI=1S/C15H18F2N2O2S/c1-18-13(20)11-3-2-8-19(9-11)14(21)10-4-6-12(7-5-10)22-15(16)17/h4-7,11,15H,2-3,8-9H2,1H3,(H,18,20). The summed E-state index contributed by atoms with van der Waals surface area (Å²) in [6.07, 6.45) is 1.55. The molecule has 120 valence electrons. The van der Waals surface area contributed by atoms with Crippen LogP contribution in [0.2, 0.25) is 0 Å². The molecule has 0 bridgehead atoms. The highest BCUT2D eigenvalue weighted by molar-refractivity contribution is 7.99. The first-order valence-corrected chi connectivity index (χ1v) is 7.95. The summed E-state index contributed by atoms with van der Waals surface area (Å²) < 4.78 is 24.5. The Labute approximate surface area is 132 Å². The summed E-state index contributed by atoms with van der Waals surface area (Å²) >= 11 is 0.451. The molecule has 1 aliphatic rings. The van der Waals surface area contributed by atoms with E-state index in [9.17, 15) is 18.4 Å². The molecule has 1 saturated heterocycles. The van der Waals surface area contributed by atoms with Gasteiger partial charge >= 0.3 is 0 Å². The fourth-order valence-electron chi connectivity index (χ4n) is 2.54. The number of rotatable bonds is 4. The maximum absolute atomic E-state index is 12.4. The molecule has 22 heavy (non-hydrogen) atoms. The number of nitrogens with zero attached hydrogens (tertiary/aromatic N) is 1. The van der Waals surface area contributed by atoms with Crippen LogP contribution in [0, 0.1) is 5.92 Å². The first-order chi connectivity index (χ1) is 10.5. The number of likely N-dealkylation sites (tertiary alicyclic amines) is 1. The molecule has 1 aliphatic heterocycles. The molecule has 2 amide bonds. The highest BCUT2D eigenvalue weighted by Crippen LogP contribution is 2.26. The van der Waals surface area contributed by atoms with E-state index in [2.05, 4.69) is 5.32 Å². The molecular weight excluding hydrogens is 310 g/mol. The van der Waals surface area contributed by atoms with Gasteiger partial charge in [0, 0.05) is 30.6 Å². The van der Waals surface area contributed by atoms with Crippen molar-refractivity contribution < 1.29 is 18.4 Å². The second-order valence-electron chi connectivity index (χ2n) is 5.11. The van der Waals surface area contributed by atoms with E-state index in [0.717, 1.165) is 12.8 Å². The number of alkyl halides is 2. The Hall–Kier alpha value is -1.63. The first kappa shape index (κ1) is 16.7. The number of hydrogen-bond acceptors (Lipinski definition) is 3. The Morgan fingerprint density at radius 3 is 2.59 bits per heavy atom. The SMILES string of the molecule is CNC(=O)C1CCCN(C(=O)c2ccc(SC(F)F)cc2)C1. The number of halogens is 2. The third-order valence-electron chi connectivity index (χ3n) is 3.65. The zero-order valence-electron chi connectivity index (χ0n) is 12.2. The second-order valence-corrected chi connectivity index (χ2v) is 6.17. The third-order valence-corrected chi connectivity index (χ3v) is 4.37. The van der Waals surface area contributed by atoms with E-state index in [-0.39, 0.29) is 17.7 Å². The molecule has 1 N–H and O–H groups in total. The highest BCUT2D eigenvalue weighted by Gasteiger charge is 2.28. The lowest BCUT2D eigenvalue weighted by Gasteiger charge is -2.31. The first-order valence-electron chi connectivity index (χ1n) is 7.07. The van der Waals surface area contributed by atoms with Crippen molar-refractivity contribution in [2.24, 2.45) is 5.92 Å². The van der Waals surface area contributed by atoms with Crippen molar-refractivity contribution in [1.29, 1.82) is 0 Å². The van der Waals surface area contributed by atoms with Crippen LogP contribution in [0.4, 0.5) is 8.78 Å². The summed E-state index contributed by atoms with van der Waals surface area (Å²) in [6, 6.07) is 6.14. The van der Waals surface area contributed by atoms with Gasteiger partial charge in [0.1, 0.15) is 0 Å². The molecular formula is C15H18F2N2O2S. The van der Waals surface area contributed by atoms with Crippen LogP contribution in [0.3, 0.4) is 0 Å². The van der Waals surface area contributed by atoms with Crippen molar-refractivity contribution in [3.63, 3.8) is 0 Å². The Morgan fingerprint density at radius 1 is 1.32 bits per heavy atom. The van der Waals surface area contributed by atoms with Gasteiger partial charge in [0.25, 0.3) is 11.7 Å². The Kier molecular flexibility index (Phi) is 5.76. The quantitative estimate of drug-likeness (QED) is 0.865. The molecule has 1 aromatic rings. The minimum absolute atomic E-state index is 0.0545. The van der Waals surface area contributed by atoms with Crippen LogP contribution in [0.25, 0.3) is 0 Å². The number of carbonyl (C=O) groups is 2. The number of nitrogens with one attached hydrogen (secondary N) is 1. The molecule has 0 saturated carbocycles. The summed E-state index contributed by atoms with van der Waals surface area (Å²) in [5, 5.41) is 2.61. The average molecular weight is 328 g/mol. The van der Waals surface area contributed by atoms with E-state index in [1.165, 1.54) is 12.1 Å².